The first-order valence-electron chi connectivity index (χ1n) is 8.07. The van der Waals surface area contributed by atoms with Crippen molar-refractivity contribution in [2.45, 2.75) is 24.3 Å². The average Bonchev–Trinajstić information content (AvgIpc) is 2.65. The van der Waals surface area contributed by atoms with Crippen LogP contribution in [0.3, 0.4) is 0 Å². The maximum Gasteiger partial charge on any atom is 0.251 e. The van der Waals surface area contributed by atoms with Gasteiger partial charge in [-0.2, -0.15) is 0 Å². The Morgan fingerprint density at radius 3 is 2.71 bits per heavy atom. The zero-order valence-electron chi connectivity index (χ0n) is 13.4. The Morgan fingerprint density at radius 1 is 1.04 bits per heavy atom. The number of rotatable bonds is 5. The molecule has 1 aliphatic rings. The lowest BCUT2D eigenvalue weighted by Gasteiger charge is -2.16. The highest BCUT2D eigenvalue weighted by molar-refractivity contribution is 7.99. The van der Waals surface area contributed by atoms with Gasteiger partial charge in [-0.25, -0.2) is 0 Å². The molecule has 0 fully saturated rings. The summed E-state index contributed by atoms with van der Waals surface area (Å²) >= 11 is 1.90. The second-order valence-corrected chi connectivity index (χ2v) is 6.86. The third kappa shape index (κ3) is 4.38. The monoisotopic (exact) mass is 340 g/mol. The Kier molecular flexibility index (Phi) is 5.54. The summed E-state index contributed by atoms with van der Waals surface area (Å²) in [5, 5.41) is 5.48. The Morgan fingerprint density at radius 2 is 1.88 bits per heavy atom. The van der Waals surface area contributed by atoms with Crippen molar-refractivity contribution >= 4 is 23.6 Å². The fourth-order valence-corrected chi connectivity index (χ4v) is 3.66. The third-order valence-electron chi connectivity index (χ3n) is 3.91. The molecule has 2 N–H and O–H groups in total. The van der Waals surface area contributed by atoms with Crippen molar-refractivity contribution in [1.29, 1.82) is 0 Å². The molecule has 0 atom stereocenters. The van der Waals surface area contributed by atoms with Gasteiger partial charge in [-0.1, -0.05) is 30.3 Å². The summed E-state index contributed by atoms with van der Waals surface area (Å²) in [5.74, 6) is 0.757. The van der Waals surface area contributed by atoms with Gasteiger partial charge in [0.2, 0.25) is 5.91 Å². The molecule has 0 spiro atoms. The molecule has 3 rings (SSSR count). The topological polar surface area (TPSA) is 58.2 Å². The minimum absolute atomic E-state index is 0.0193. The van der Waals surface area contributed by atoms with Gasteiger partial charge in [0.1, 0.15) is 0 Å². The highest BCUT2D eigenvalue weighted by atomic mass is 32.2. The number of carbonyl (C=O) groups is 2. The van der Waals surface area contributed by atoms with Crippen LogP contribution in [-0.4, -0.2) is 24.1 Å². The van der Waals surface area contributed by atoms with Gasteiger partial charge in [0.05, 0.1) is 6.54 Å². The van der Waals surface area contributed by atoms with Crippen LogP contribution in [0.15, 0.2) is 53.4 Å². The number of carbonyl (C=O) groups excluding carboxylic acids is 2. The number of thioether (sulfide) groups is 1. The van der Waals surface area contributed by atoms with E-state index in [1.54, 1.807) is 24.3 Å². The highest BCUT2D eigenvalue weighted by Crippen LogP contribution is 2.30. The van der Waals surface area contributed by atoms with E-state index < -0.39 is 0 Å². The molecule has 0 saturated carbocycles. The molecular formula is C19H20N2O2S. The van der Waals surface area contributed by atoms with Crippen LogP contribution in [0.2, 0.25) is 0 Å². The number of amides is 2. The summed E-state index contributed by atoms with van der Waals surface area (Å²) in [6, 6.07) is 15.2. The van der Waals surface area contributed by atoms with E-state index in [9.17, 15) is 9.59 Å². The van der Waals surface area contributed by atoms with Crippen LogP contribution in [0, 0.1) is 0 Å². The fraction of sp³-hybridized carbons (Fsp3) is 0.263. The number of hydrogen-bond acceptors (Lipinski definition) is 3. The molecule has 4 nitrogen and oxygen atoms in total. The van der Waals surface area contributed by atoms with Crippen LogP contribution in [0.4, 0.5) is 0 Å². The van der Waals surface area contributed by atoms with Crippen LogP contribution >= 0.6 is 11.8 Å². The first-order valence-corrected chi connectivity index (χ1v) is 9.05. The Balaban J connectivity index is 1.46. The maximum absolute atomic E-state index is 11.9. The Bertz CT molecular complexity index is 731. The average molecular weight is 340 g/mol. The van der Waals surface area contributed by atoms with E-state index in [1.807, 2.05) is 17.8 Å². The van der Waals surface area contributed by atoms with E-state index in [4.69, 9.17) is 0 Å². The van der Waals surface area contributed by atoms with Gasteiger partial charge >= 0.3 is 0 Å². The van der Waals surface area contributed by atoms with Gasteiger partial charge in [-0.15, -0.1) is 11.8 Å². The Hall–Kier alpha value is -2.27. The van der Waals surface area contributed by atoms with Gasteiger partial charge in [0.15, 0.2) is 0 Å². The maximum atomic E-state index is 11.9. The molecule has 1 heterocycles. The predicted molar refractivity (Wildman–Crippen MR) is 96.1 cm³/mol. The summed E-state index contributed by atoms with van der Waals surface area (Å²) in [6.07, 6.45) is 2.32. The second kappa shape index (κ2) is 8.02. The van der Waals surface area contributed by atoms with Crippen LogP contribution in [-0.2, 0) is 17.8 Å². The number of hydrogen-bond donors (Lipinski definition) is 2. The molecular weight excluding hydrogens is 320 g/mol. The molecule has 0 unspecified atom stereocenters. The minimum atomic E-state index is -0.239. The van der Waals surface area contributed by atoms with Crippen LogP contribution < -0.4 is 10.6 Å². The molecule has 2 aromatic carbocycles. The zero-order valence-corrected chi connectivity index (χ0v) is 14.2. The number of benzene rings is 2. The van der Waals surface area contributed by atoms with E-state index in [2.05, 4.69) is 28.8 Å². The predicted octanol–water partition coefficient (Wildman–Crippen LogP) is 2.77. The lowest BCUT2D eigenvalue weighted by Crippen LogP contribution is -2.36. The van der Waals surface area contributed by atoms with Gasteiger partial charge in [-0.3, -0.25) is 9.59 Å². The fourth-order valence-electron chi connectivity index (χ4n) is 2.64. The molecule has 2 aromatic rings. The SMILES string of the molecule is O=C(CNC(=O)c1ccccc1)NCc1ccc2c(c1)CCCS2. The van der Waals surface area contributed by atoms with Gasteiger partial charge in [-0.05, 0) is 47.9 Å². The van der Waals surface area contributed by atoms with E-state index >= 15 is 0 Å². The molecule has 0 aliphatic carbocycles. The highest BCUT2D eigenvalue weighted by Gasteiger charge is 2.11. The molecule has 0 radical (unpaired) electrons. The summed E-state index contributed by atoms with van der Waals surface area (Å²) < 4.78 is 0. The van der Waals surface area contributed by atoms with Gasteiger partial charge < -0.3 is 10.6 Å². The van der Waals surface area contributed by atoms with Crippen molar-refractivity contribution in [3.63, 3.8) is 0 Å². The quantitative estimate of drug-likeness (QED) is 0.880. The van der Waals surface area contributed by atoms with Crippen molar-refractivity contribution in [2.75, 3.05) is 12.3 Å². The number of fused-ring (bicyclic) bond motifs is 1. The van der Waals surface area contributed by atoms with E-state index in [-0.39, 0.29) is 18.4 Å². The summed E-state index contributed by atoms with van der Waals surface area (Å²) in [4.78, 5) is 25.2. The minimum Gasteiger partial charge on any atom is -0.350 e. The van der Waals surface area contributed by atoms with E-state index in [1.165, 1.54) is 22.6 Å². The smallest absolute Gasteiger partial charge is 0.251 e. The summed E-state index contributed by atoms with van der Waals surface area (Å²) in [6.45, 7) is 0.465. The summed E-state index contributed by atoms with van der Waals surface area (Å²) in [5.41, 5.74) is 3.02. The molecule has 0 bridgehead atoms. The molecule has 24 heavy (non-hydrogen) atoms. The largest absolute Gasteiger partial charge is 0.350 e. The van der Waals surface area contributed by atoms with E-state index in [0.29, 0.717) is 12.1 Å². The first kappa shape index (κ1) is 16.6. The zero-order chi connectivity index (χ0) is 16.8. The van der Waals surface area contributed by atoms with Crippen molar-refractivity contribution in [3.8, 4) is 0 Å². The number of nitrogens with one attached hydrogen (secondary N) is 2. The van der Waals surface area contributed by atoms with Crippen LogP contribution in [0.25, 0.3) is 0 Å². The number of aryl methyl sites for hydroxylation is 1. The van der Waals surface area contributed by atoms with E-state index in [0.717, 1.165) is 12.0 Å². The van der Waals surface area contributed by atoms with Crippen molar-refractivity contribution < 1.29 is 9.59 Å². The van der Waals surface area contributed by atoms with Crippen molar-refractivity contribution in [1.82, 2.24) is 10.6 Å². The second-order valence-electron chi connectivity index (χ2n) is 5.72. The first-order chi connectivity index (χ1) is 11.7. The molecule has 1 aliphatic heterocycles. The Labute approximate surface area is 146 Å². The lowest BCUT2D eigenvalue weighted by atomic mass is 10.1. The molecule has 5 heteroatoms. The summed E-state index contributed by atoms with van der Waals surface area (Å²) in [7, 11) is 0. The van der Waals surface area contributed by atoms with Gasteiger partial charge in [0, 0.05) is 17.0 Å². The molecule has 0 saturated heterocycles. The normalized spacial score (nSPS) is 13.0. The lowest BCUT2D eigenvalue weighted by molar-refractivity contribution is -0.120. The third-order valence-corrected chi connectivity index (χ3v) is 5.11. The standard InChI is InChI=1S/C19H20N2O2S/c22-18(13-21-19(23)15-5-2-1-3-6-15)20-12-14-8-9-17-16(11-14)7-4-10-24-17/h1-3,5-6,8-9,11H,4,7,10,12-13H2,(H,20,22)(H,21,23). The van der Waals surface area contributed by atoms with Crippen LogP contribution in [0.5, 0.6) is 0 Å². The van der Waals surface area contributed by atoms with Crippen LogP contribution in [0.1, 0.15) is 27.9 Å². The van der Waals surface area contributed by atoms with Crippen molar-refractivity contribution in [2.24, 2.45) is 0 Å². The molecule has 2 amide bonds. The van der Waals surface area contributed by atoms with Gasteiger partial charge in [0.25, 0.3) is 5.91 Å². The van der Waals surface area contributed by atoms with Crippen molar-refractivity contribution in [3.05, 3.63) is 65.2 Å². The molecule has 0 aromatic heterocycles. The molecule has 124 valence electrons.